The SMILES string of the molecule is CCNC(=NCC(CO)c1ccccc1)NC[C@H]1CCCN1CC(C)C. The summed E-state index contributed by atoms with van der Waals surface area (Å²) in [5, 5.41) is 16.6. The average molecular weight is 361 g/mol. The molecule has 1 saturated heterocycles. The van der Waals surface area contributed by atoms with Crippen LogP contribution in [0.2, 0.25) is 0 Å². The van der Waals surface area contributed by atoms with Crippen molar-refractivity contribution in [2.24, 2.45) is 10.9 Å². The lowest BCUT2D eigenvalue weighted by Crippen LogP contribution is -2.45. The molecule has 5 heteroatoms. The number of benzene rings is 1. The fourth-order valence-corrected chi connectivity index (χ4v) is 3.59. The first-order valence-corrected chi connectivity index (χ1v) is 10.1. The van der Waals surface area contributed by atoms with Crippen molar-refractivity contribution in [3.05, 3.63) is 35.9 Å². The zero-order chi connectivity index (χ0) is 18.8. The summed E-state index contributed by atoms with van der Waals surface area (Å²) < 4.78 is 0. The Balaban J connectivity index is 1.91. The Labute approximate surface area is 158 Å². The zero-order valence-electron chi connectivity index (χ0n) is 16.6. The first-order chi connectivity index (χ1) is 12.6. The molecule has 1 aromatic rings. The maximum Gasteiger partial charge on any atom is 0.191 e. The van der Waals surface area contributed by atoms with Gasteiger partial charge in [0.2, 0.25) is 0 Å². The van der Waals surface area contributed by atoms with Gasteiger partial charge in [-0.2, -0.15) is 0 Å². The fraction of sp³-hybridized carbons (Fsp3) is 0.667. The zero-order valence-corrected chi connectivity index (χ0v) is 16.6. The topological polar surface area (TPSA) is 59.9 Å². The molecule has 0 spiro atoms. The number of likely N-dealkylation sites (tertiary alicyclic amines) is 1. The highest BCUT2D eigenvalue weighted by molar-refractivity contribution is 5.79. The van der Waals surface area contributed by atoms with E-state index in [-0.39, 0.29) is 12.5 Å². The fourth-order valence-electron chi connectivity index (χ4n) is 3.59. The van der Waals surface area contributed by atoms with Gasteiger partial charge in [0.15, 0.2) is 5.96 Å². The highest BCUT2D eigenvalue weighted by atomic mass is 16.3. The Hall–Kier alpha value is -1.59. The average Bonchev–Trinajstić information content (AvgIpc) is 3.07. The largest absolute Gasteiger partial charge is 0.396 e. The van der Waals surface area contributed by atoms with Crippen LogP contribution in [0.4, 0.5) is 0 Å². The summed E-state index contributed by atoms with van der Waals surface area (Å²) in [5.41, 5.74) is 1.13. The molecule has 0 bridgehead atoms. The molecule has 0 aromatic heterocycles. The van der Waals surface area contributed by atoms with Gasteiger partial charge in [-0.1, -0.05) is 44.2 Å². The summed E-state index contributed by atoms with van der Waals surface area (Å²) >= 11 is 0. The summed E-state index contributed by atoms with van der Waals surface area (Å²) in [5.74, 6) is 1.59. The molecule has 1 aliphatic heterocycles. The van der Waals surface area contributed by atoms with Crippen molar-refractivity contribution in [3.8, 4) is 0 Å². The van der Waals surface area contributed by atoms with Crippen LogP contribution in [0.1, 0.15) is 45.1 Å². The maximum absolute atomic E-state index is 9.73. The molecule has 5 nitrogen and oxygen atoms in total. The summed E-state index contributed by atoms with van der Waals surface area (Å²) in [4.78, 5) is 7.32. The molecule has 146 valence electrons. The van der Waals surface area contributed by atoms with Crippen molar-refractivity contribution in [2.45, 2.75) is 45.6 Å². The molecule has 1 heterocycles. The van der Waals surface area contributed by atoms with E-state index in [1.807, 2.05) is 18.2 Å². The molecule has 26 heavy (non-hydrogen) atoms. The van der Waals surface area contributed by atoms with Gasteiger partial charge in [-0.3, -0.25) is 9.89 Å². The van der Waals surface area contributed by atoms with Crippen LogP contribution in [0.15, 0.2) is 35.3 Å². The van der Waals surface area contributed by atoms with Crippen molar-refractivity contribution < 1.29 is 5.11 Å². The van der Waals surface area contributed by atoms with Crippen molar-refractivity contribution in [3.63, 3.8) is 0 Å². The molecule has 0 aliphatic carbocycles. The van der Waals surface area contributed by atoms with E-state index in [1.54, 1.807) is 0 Å². The molecule has 0 saturated carbocycles. The number of guanidine groups is 1. The molecule has 3 N–H and O–H groups in total. The number of aliphatic hydroxyl groups is 1. The van der Waals surface area contributed by atoms with Crippen molar-refractivity contribution in [1.82, 2.24) is 15.5 Å². The summed E-state index contributed by atoms with van der Waals surface area (Å²) in [6.45, 7) is 11.5. The third-order valence-corrected chi connectivity index (χ3v) is 4.91. The van der Waals surface area contributed by atoms with E-state index in [1.165, 1.54) is 25.9 Å². The number of nitrogens with zero attached hydrogens (tertiary/aromatic N) is 2. The Morgan fingerprint density at radius 2 is 2.04 bits per heavy atom. The summed E-state index contributed by atoms with van der Waals surface area (Å²) in [6.07, 6.45) is 2.54. The molecule has 1 aromatic carbocycles. The molecule has 2 atom stereocenters. The number of nitrogens with one attached hydrogen (secondary N) is 2. The lowest BCUT2D eigenvalue weighted by Gasteiger charge is -2.27. The molecule has 0 amide bonds. The van der Waals surface area contributed by atoms with E-state index < -0.39 is 0 Å². The van der Waals surface area contributed by atoms with Crippen molar-refractivity contribution in [2.75, 3.05) is 39.3 Å². The number of hydrogen-bond donors (Lipinski definition) is 3. The van der Waals surface area contributed by atoms with E-state index in [0.29, 0.717) is 18.5 Å². The smallest absolute Gasteiger partial charge is 0.191 e. The Kier molecular flexibility index (Phi) is 8.92. The first-order valence-electron chi connectivity index (χ1n) is 10.1. The number of aliphatic imine (C=N–C) groups is 1. The normalized spacial score (nSPS) is 19.7. The van der Waals surface area contributed by atoms with Gasteiger partial charge in [-0.05, 0) is 37.8 Å². The van der Waals surface area contributed by atoms with E-state index in [0.717, 1.165) is 24.6 Å². The van der Waals surface area contributed by atoms with Crippen LogP contribution in [0.3, 0.4) is 0 Å². The Bertz CT molecular complexity index is 532. The predicted octanol–water partition coefficient (Wildman–Crippen LogP) is 2.44. The second-order valence-corrected chi connectivity index (χ2v) is 7.58. The van der Waals surface area contributed by atoms with Crippen LogP contribution in [0.25, 0.3) is 0 Å². The minimum atomic E-state index is 0.0376. The van der Waals surface area contributed by atoms with Crippen LogP contribution in [0.5, 0.6) is 0 Å². The lowest BCUT2D eigenvalue weighted by molar-refractivity contribution is 0.226. The van der Waals surface area contributed by atoms with Crippen LogP contribution in [-0.4, -0.2) is 61.3 Å². The lowest BCUT2D eigenvalue weighted by atomic mass is 10.0. The highest BCUT2D eigenvalue weighted by Gasteiger charge is 2.24. The minimum absolute atomic E-state index is 0.0376. The predicted molar refractivity (Wildman–Crippen MR) is 110 cm³/mol. The molecule has 1 aliphatic rings. The van der Waals surface area contributed by atoms with E-state index >= 15 is 0 Å². The number of hydrogen-bond acceptors (Lipinski definition) is 3. The monoisotopic (exact) mass is 360 g/mol. The number of aliphatic hydroxyl groups excluding tert-OH is 1. The molecular formula is C21H36N4O. The first kappa shape index (κ1) is 20.7. The Morgan fingerprint density at radius 1 is 1.27 bits per heavy atom. The summed E-state index contributed by atoms with van der Waals surface area (Å²) in [7, 11) is 0. The van der Waals surface area contributed by atoms with Gasteiger partial charge < -0.3 is 15.7 Å². The van der Waals surface area contributed by atoms with E-state index in [9.17, 15) is 5.11 Å². The van der Waals surface area contributed by atoms with Gasteiger partial charge >= 0.3 is 0 Å². The van der Waals surface area contributed by atoms with Gasteiger partial charge in [0.05, 0.1) is 13.2 Å². The molecule has 2 rings (SSSR count). The standard InChI is InChI=1S/C21H36N4O/c1-4-22-21(23-13-19(16-26)18-9-6-5-7-10-18)24-14-20-11-8-12-25(20)15-17(2)3/h5-7,9-10,17,19-20,26H,4,8,11-16H2,1-3H3,(H2,22,23,24)/t19?,20-/m1/s1. The van der Waals surface area contributed by atoms with Crippen LogP contribution in [-0.2, 0) is 0 Å². The number of rotatable bonds is 9. The summed E-state index contributed by atoms with van der Waals surface area (Å²) in [6, 6.07) is 10.7. The van der Waals surface area contributed by atoms with E-state index in [2.05, 4.69) is 48.4 Å². The van der Waals surface area contributed by atoms with Gasteiger partial charge in [0.25, 0.3) is 0 Å². The maximum atomic E-state index is 9.73. The quantitative estimate of drug-likeness (QED) is 0.468. The molecule has 1 unspecified atom stereocenters. The van der Waals surface area contributed by atoms with Crippen LogP contribution in [0, 0.1) is 5.92 Å². The second kappa shape index (κ2) is 11.2. The third kappa shape index (κ3) is 6.61. The molecule has 1 fully saturated rings. The van der Waals surface area contributed by atoms with Crippen molar-refractivity contribution >= 4 is 5.96 Å². The van der Waals surface area contributed by atoms with Gasteiger partial charge in [0, 0.05) is 31.6 Å². The second-order valence-electron chi connectivity index (χ2n) is 7.58. The van der Waals surface area contributed by atoms with Crippen LogP contribution < -0.4 is 10.6 Å². The minimum Gasteiger partial charge on any atom is -0.396 e. The third-order valence-electron chi connectivity index (χ3n) is 4.91. The van der Waals surface area contributed by atoms with E-state index in [4.69, 9.17) is 4.99 Å². The van der Waals surface area contributed by atoms with Crippen molar-refractivity contribution in [1.29, 1.82) is 0 Å². The van der Waals surface area contributed by atoms with Gasteiger partial charge in [-0.25, -0.2) is 0 Å². The van der Waals surface area contributed by atoms with Gasteiger partial charge in [0.1, 0.15) is 0 Å². The molecular weight excluding hydrogens is 324 g/mol. The molecule has 0 radical (unpaired) electrons. The highest BCUT2D eigenvalue weighted by Crippen LogP contribution is 2.18. The van der Waals surface area contributed by atoms with Crippen LogP contribution >= 0.6 is 0 Å². The van der Waals surface area contributed by atoms with Gasteiger partial charge in [-0.15, -0.1) is 0 Å². The Morgan fingerprint density at radius 3 is 2.69 bits per heavy atom.